The molecule has 1 heteroatoms. The fourth-order valence-electron chi connectivity index (χ4n) is 3.83. The van der Waals surface area contributed by atoms with Gasteiger partial charge in [0.1, 0.15) is 0 Å². The molecular formula is C25H25N. The summed E-state index contributed by atoms with van der Waals surface area (Å²) >= 11 is 0. The third kappa shape index (κ3) is 2.94. The van der Waals surface area contributed by atoms with Gasteiger partial charge in [-0.05, 0) is 40.5 Å². The van der Waals surface area contributed by atoms with Crippen molar-refractivity contribution in [2.75, 3.05) is 5.32 Å². The van der Waals surface area contributed by atoms with Gasteiger partial charge in [0.25, 0.3) is 0 Å². The van der Waals surface area contributed by atoms with E-state index >= 15 is 0 Å². The lowest BCUT2D eigenvalue weighted by molar-refractivity contribution is 0.854. The summed E-state index contributed by atoms with van der Waals surface area (Å²) in [4.78, 5) is 0. The standard InChI is InChI=1S/C23H19N.C2H6/c1-2-9-21-17(6-1)7-5-10-22(21)18-11-13-20(14-12-18)24-23-15-4-3-8-19(23)16-23;1-2/h1-15,19,24H,16H2;1-2H3. The van der Waals surface area contributed by atoms with Crippen molar-refractivity contribution < 1.29 is 0 Å². The van der Waals surface area contributed by atoms with Crippen molar-refractivity contribution in [3.05, 3.63) is 91.0 Å². The van der Waals surface area contributed by atoms with Crippen LogP contribution < -0.4 is 5.32 Å². The molecule has 3 aromatic carbocycles. The Morgan fingerprint density at radius 1 is 0.846 bits per heavy atom. The van der Waals surface area contributed by atoms with E-state index in [1.54, 1.807) is 0 Å². The van der Waals surface area contributed by atoms with Crippen LogP contribution in [0.4, 0.5) is 5.69 Å². The van der Waals surface area contributed by atoms with E-state index in [4.69, 9.17) is 0 Å². The number of anilines is 1. The highest BCUT2D eigenvalue weighted by molar-refractivity contribution is 5.96. The molecule has 0 saturated heterocycles. The van der Waals surface area contributed by atoms with Crippen LogP contribution in [0.15, 0.2) is 91.0 Å². The summed E-state index contributed by atoms with van der Waals surface area (Å²) in [5.41, 5.74) is 3.92. The second-order valence-electron chi connectivity index (χ2n) is 6.82. The molecule has 130 valence electrons. The van der Waals surface area contributed by atoms with E-state index < -0.39 is 0 Å². The molecule has 1 N–H and O–H groups in total. The second kappa shape index (κ2) is 6.84. The van der Waals surface area contributed by atoms with Gasteiger partial charge in [-0.1, -0.05) is 92.7 Å². The van der Waals surface area contributed by atoms with Crippen LogP contribution in [0.3, 0.4) is 0 Å². The van der Waals surface area contributed by atoms with Crippen molar-refractivity contribution in [2.24, 2.45) is 5.92 Å². The average molecular weight is 339 g/mol. The molecule has 3 aromatic rings. The van der Waals surface area contributed by atoms with Gasteiger partial charge < -0.3 is 5.32 Å². The van der Waals surface area contributed by atoms with Crippen molar-refractivity contribution in [3.63, 3.8) is 0 Å². The third-order valence-electron chi connectivity index (χ3n) is 5.27. The number of hydrogen-bond donors (Lipinski definition) is 1. The van der Waals surface area contributed by atoms with Crippen LogP contribution in [0, 0.1) is 5.92 Å². The van der Waals surface area contributed by atoms with E-state index in [-0.39, 0.29) is 5.54 Å². The van der Waals surface area contributed by atoms with Gasteiger partial charge in [-0.3, -0.25) is 0 Å². The van der Waals surface area contributed by atoms with E-state index in [9.17, 15) is 0 Å². The summed E-state index contributed by atoms with van der Waals surface area (Å²) in [6.07, 6.45) is 10.1. The number of allylic oxidation sites excluding steroid dienone is 2. The Morgan fingerprint density at radius 2 is 1.62 bits per heavy atom. The Morgan fingerprint density at radius 3 is 2.42 bits per heavy atom. The van der Waals surface area contributed by atoms with Crippen LogP contribution in [0.2, 0.25) is 0 Å². The molecule has 2 atom stereocenters. The van der Waals surface area contributed by atoms with Gasteiger partial charge in [-0.2, -0.15) is 0 Å². The number of rotatable bonds is 3. The minimum absolute atomic E-state index is 0.162. The van der Waals surface area contributed by atoms with Gasteiger partial charge in [-0.25, -0.2) is 0 Å². The number of nitrogens with one attached hydrogen (secondary N) is 1. The molecule has 2 aliphatic rings. The molecule has 2 unspecified atom stereocenters. The van der Waals surface area contributed by atoms with Crippen molar-refractivity contribution in [3.8, 4) is 11.1 Å². The predicted octanol–water partition coefficient (Wildman–Crippen LogP) is 6.83. The maximum atomic E-state index is 3.71. The first-order chi connectivity index (χ1) is 12.8. The Kier molecular flexibility index (Phi) is 4.38. The second-order valence-corrected chi connectivity index (χ2v) is 6.82. The van der Waals surface area contributed by atoms with Crippen molar-refractivity contribution in [1.82, 2.24) is 0 Å². The Balaban J connectivity index is 0.000000814. The maximum absolute atomic E-state index is 3.71. The molecule has 0 radical (unpaired) electrons. The highest BCUT2D eigenvalue weighted by Gasteiger charge is 2.51. The van der Waals surface area contributed by atoms with Crippen molar-refractivity contribution in [2.45, 2.75) is 25.8 Å². The largest absolute Gasteiger partial charge is 0.375 e. The van der Waals surface area contributed by atoms with E-state index in [2.05, 4.69) is 96.4 Å². The average Bonchev–Trinajstić information content (AvgIpc) is 3.44. The first kappa shape index (κ1) is 16.7. The van der Waals surface area contributed by atoms with Gasteiger partial charge in [0.15, 0.2) is 0 Å². The number of benzene rings is 3. The Hall–Kier alpha value is -2.80. The quantitative estimate of drug-likeness (QED) is 0.551. The molecule has 0 aromatic heterocycles. The van der Waals surface area contributed by atoms with Crippen LogP contribution in [0.5, 0.6) is 0 Å². The lowest BCUT2D eigenvalue weighted by atomic mass is 9.98. The van der Waals surface area contributed by atoms with Gasteiger partial charge in [0, 0.05) is 11.6 Å². The summed E-state index contributed by atoms with van der Waals surface area (Å²) in [5.74, 6) is 0.653. The zero-order chi connectivity index (χ0) is 18.0. The molecule has 1 saturated carbocycles. The highest BCUT2D eigenvalue weighted by Crippen LogP contribution is 2.50. The van der Waals surface area contributed by atoms with E-state index in [0.717, 1.165) is 0 Å². The predicted molar refractivity (Wildman–Crippen MR) is 113 cm³/mol. The number of hydrogen-bond acceptors (Lipinski definition) is 1. The normalized spacial score (nSPS) is 22.3. The van der Waals surface area contributed by atoms with Gasteiger partial charge in [0.2, 0.25) is 0 Å². The molecule has 1 nitrogen and oxygen atoms in total. The van der Waals surface area contributed by atoms with Crippen molar-refractivity contribution >= 4 is 16.5 Å². The molecule has 0 heterocycles. The molecule has 2 aliphatic carbocycles. The van der Waals surface area contributed by atoms with Crippen LogP contribution in [0.25, 0.3) is 21.9 Å². The highest BCUT2D eigenvalue weighted by atomic mass is 15.0. The molecule has 0 amide bonds. The van der Waals surface area contributed by atoms with Crippen molar-refractivity contribution in [1.29, 1.82) is 0 Å². The minimum Gasteiger partial charge on any atom is -0.375 e. The zero-order valence-electron chi connectivity index (χ0n) is 15.4. The van der Waals surface area contributed by atoms with Gasteiger partial charge in [-0.15, -0.1) is 0 Å². The molecule has 0 aliphatic heterocycles. The van der Waals surface area contributed by atoms with Crippen LogP contribution in [0.1, 0.15) is 20.3 Å². The first-order valence-electron chi connectivity index (χ1n) is 9.57. The summed E-state index contributed by atoms with van der Waals surface area (Å²) in [7, 11) is 0. The van der Waals surface area contributed by atoms with Crippen LogP contribution >= 0.6 is 0 Å². The van der Waals surface area contributed by atoms with Gasteiger partial charge in [0.05, 0.1) is 5.54 Å². The lowest BCUT2D eigenvalue weighted by Crippen LogP contribution is -2.21. The van der Waals surface area contributed by atoms with Crippen LogP contribution in [-0.2, 0) is 0 Å². The van der Waals surface area contributed by atoms with E-state index in [0.29, 0.717) is 5.92 Å². The molecule has 0 bridgehead atoms. The minimum atomic E-state index is 0.162. The van der Waals surface area contributed by atoms with E-state index in [1.807, 2.05) is 13.8 Å². The lowest BCUT2D eigenvalue weighted by Gasteiger charge is -2.18. The SMILES string of the molecule is C1=CC2CC2(Nc2ccc(-c3cccc4ccccc34)cc2)C=C1.CC. The molecular weight excluding hydrogens is 314 g/mol. The van der Waals surface area contributed by atoms with Crippen LogP contribution in [-0.4, -0.2) is 5.54 Å². The fourth-order valence-corrected chi connectivity index (χ4v) is 3.83. The molecule has 1 fully saturated rings. The van der Waals surface area contributed by atoms with Gasteiger partial charge >= 0.3 is 0 Å². The number of fused-ring (bicyclic) bond motifs is 2. The fraction of sp³-hybridized carbons (Fsp3) is 0.200. The third-order valence-corrected chi connectivity index (χ3v) is 5.27. The summed E-state index contributed by atoms with van der Waals surface area (Å²) < 4.78 is 0. The first-order valence-corrected chi connectivity index (χ1v) is 9.57. The Labute approximate surface area is 156 Å². The molecule has 0 spiro atoms. The monoisotopic (exact) mass is 339 g/mol. The topological polar surface area (TPSA) is 12.0 Å². The summed E-state index contributed by atoms with van der Waals surface area (Å²) in [6.45, 7) is 4.00. The zero-order valence-corrected chi connectivity index (χ0v) is 15.4. The molecule has 26 heavy (non-hydrogen) atoms. The molecule has 5 rings (SSSR count). The summed E-state index contributed by atoms with van der Waals surface area (Å²) in [6, 6.07) is 23.9. The van der Waals surface area contributed by atoms with E-state index in [1.165, 1.54) is 34.0 Å². The smallest absolute Gasteiger partial charge is 0.0629 e. The summed E-state index contributed by atoms with van der Waals surface area (Å²) in [5, 5.41) is 6.30. The maximum Gasteiger partial charge on any atom is 0.0629 e. The Bertz CT molecular complexity index is 960.